The molecule has 0 bridgehead atoms. The fraction of sp³-hybridized carbons (Fsp3) is 0.435. The van der Waals surface area contributed by atoms with Gasteiger partial charge >= 0.3 is 0 Å². The van der Waals surface area contributed by atoms with E-state index in [4.69, 9.17) is 9.47 Å². The standard InChI is InChI=1S/C23H28N2O3/c1-27-20-14-18-10-13-25(16-19(18)15-21(20)28-2)22(17-8-4-3-5-9-17)23(26)24-11-6-7-12-24/h3-5,8-9,14-15,22H,6-7,10-13,16H2,1-2H3. The lowest BCUT2D eigenvalue weighted by Crippen LogP contribution is -2.44. The van der Waals surface area contributed by atoms with Crippen LogP contribution in [0.2, 0.25) is 0 Å². The zero-order valence-corrected chi connectivity index (χ0v) is 16.7. The number of methoxy groups -OCH3 is 2. The third-order valence-corrected chi connectivity index (χ3v) is 5.88. The molecule has 0 aromatic heterocycles. The van der Waals surface area contributed by atoms with Crippen LogP contribution in [0.5, 0.6) is 11.5 Å². The van der Waals surface area contributed by atoms with Crippen molar-refractivity contribution in [2.45, 2.75) is 31.8 Å². The number of benzene rings is 2. The van der Waals surface area contributed by atoms with Crippen molar-refractivity contribution in [2.75, 3.05) is 33.9 Å². The molecule has 1 amide bonds. The van der Waals surface area contributed by atoms with Crippen LogP contribution in [-0.2, 0) is 17.8 Å². The Morgan fingerprint density at radius 3 is 2.21 bits per heavy atom. The summed E-state index contributed by atoms with van der Waals surface area (Å²) in [4.78, 5) is 17.8. The number of amides is 1. The van der Waals surface area contributed by atoms with E-state index >= 15 is 0 Å². The lowest BCUT2D eigenvalue weighted by Gasteiger charge is -2.37. The number of hydrogen-bond donors (Lipinski definition) is 0. The molecule has 0 spiro atoms. The quantitative estimate of drug-likeness (QED) is 0.797. The second-order valence-electron chi connectivity index (χ2n) is 7.54. The van der Waals surface area contributed by atoms with Gasteiger partial charge in [-0.05, 0) is 48.1 Å². The van der Waals surface area contributed by atoms with Crippen LogP contribution in [0.3, 0.4) is 0 Å². The van der Waals surface area contributed by atoms with Gasteiger partial charge in [0.05, 0.1) is 14.2 Å². The summed E-state index contributed by atoms with van der Waals surface area (Å²) in [5.41, 5.74) is 3.55. The maximum Gasteiger partial charge on any atom is 0.244 e. The van der Waals surface area contributed by atoms with E-state index in [1.165, 1.54) is 11.1 Å². The number of likely N-dealkylation sites (tertiary alicyclic amines) is 1. The predicted molar refractivity (Wildman–Crippen MR) is 109 cm³/mol. The lowest BCUT2D eigenvalue weighted by molar-refractivity contribution is -0.136. The van der Waals surface area contributed by atoms with Crippen LogP contribution in [0, 0.1) is 0 Å². The number of hydrogen-bond acceptors (Lipinski definition) is 4. The van der Waals surface area contributed by atoms with Crippen molar-refractivity contribution in [3.05, 3.63) is 59.2 Å². The van der Waals surface area contributed by atoms with Gasteiger partial charge in [0.1, 0.15) is 6.04 Å². The minimum absolute atomic E-state index is 0.229. The van der Waals surface area contributed by atoms with Gasteiger partial charge in [-0.25, -0.2) is 0 Å². The van der Waals surface area contributed by atoms with Crippen molar-refractivity contribution in [3.63, 3.8) is 0 Å². The fourth-order valence-electron chi connectivity index (χ4n) is 4.38. The lowest BCUT2D eigenvalue weighted by atomic mass is 9.95. The normalized spacial score (nSPS) is 17.9. The Bertz CT molecular complexity index is 831. The van der Waals surface area contributed by atoms with Gasteiger partial charge in [-0.2, -0.15) is 0 Å². The Labute approximate surface area is 166 Å². The van der Waals surface area contributed by atoms with Crippen LogP contribution in [0.15, 0.2) is 42.5 Å². The molecule has 148 valence electrons. The zero-order chi connectivity index (χ0) is 19.5. The van der Waals surface area contributed by atoms with Crippen molar-refractivity contribution in [1.82, 2.24) is 9.80 Å². The highest BCUT2D eigenvalue weighted by Crippen LogP contribution is 2.36. The van der Waals surface area contributed by atoms with Crippen LogP contribution >= 0.6 is 0 Å². The van der Waals surface area contributed by atoms with Crippen LogP contribution in [-0.4, -0.2) is 49.6 Å². The summed E-state index contributed by atoms with van der Waals surface area (Å²) in [6.45, 7) is 3.33. The molecule has 1 fully saturated rings. The van der Waals surface area contributed by atoms with Crippen molar-refractivity contribution in [2.24, 2.45) is 0 Å². The van der Waals surface area contributed by atoms with E-state index in [0.717, 1.165) is 62.5 Å². The van der Waals surface area contributed by atoms with Crippen molar-refractivity contribution in [3.8, 4) is 11.5 Å². The number of carbonyl (C=O) groups excluding carboxylic acids is 1. The van der Waals surface area contributed by atoms with E-state index in [-0.39, 0.29) is 11.9 Å². The average Bonchev–Trinajstić information content (AvgIpc) is 3.28. The van der Waals surface area contributed by atoms with E-state index in [1.54, 1.807) is 14.2 Å². The molecule has 2 aromatic carbocycles. The third kappa shape index (κ3) is 3.59. The molecule has 2 heterocycles. The first-order chi connectivity index (χ1) is 13.7. The molecule has 2 aliphatic heterocycles. The number of fused-ring (bicyclic) bond motifs is 1. The molecule has 5 heteroatoms. The van der Waals surface area contributed by atoms with Gasteiger partial charge in [0.25, 0.3) is 0 Å². The molecule has 4 rings (SSSR count). The average molecular weight is 380 g/mol. The largest absolute Gasteiger partial charge is 0.493 e. The number of carbonyl (C=O) groups is 1. The minimum Gasteiger partial charge on any atom is -0.493 e. The summed E-state index contributed by atoms with van der Waals surface area (Å²) in [7, 11) is 3.33. The second-order valence-corrected chi connectivity index (χ2v) is 7.54. The molecule has 0 saturated carbocycles. The minimum atomic E-state index is -0.236. The molecule has 2 aliphatic rings. The Morgan fingerprint density at radius 2 is 1.57 bits per heavy atom. The van der Waals surface area contributed by atoms with Crippen LogP contribution in [0.25, 0.3) is 0 Å². The predicted octanol–water partition coefficient (Wildman–Crippen LogP) is 3.43. The smallest absolute Gasteiger partial charge is 0.244 e. The highest BCUT2D eigenvalue weighted by atomic mass is 16.5. The summed E-state index contributed by atoms with van der Waals surface area (Å²) in [6, 6.07) is 14.1. The second kappa shape index (κ2) is 8.23. The molecule has 1 atom stereocenters. The Kier molecular flexibility index (Phi) is 5.53. The maximum atomic E-state index is 13.4. The summed E-state index contributed by atoms with van der Waals surface area (Å²) >= 11 is 0. The Hall–Kier alpha value is -2.53. The van der Waals surface area contributed by atoms with Gasteiger partial charge in [0.15, 0.2) is 11.5 Å². The summed E-state index contributed by atoms with van der Waals surface area (Å²) in [5.74, 6) is 1.74. The molecule has 1 unspecified atom stereocenters. The van der Waals surface area contributed by atoms with Crippen LogP contribution in [0.4, 0.5) is 0 Å². The molecule has 28 heavy (non-hydrogen) atoms. The number of nitrogens with zero attached hydrogens (tertiary/aromatic N) is 2. The van der Waals surface area contributed by atoms with Gasteiger partial charge in [-0.3, -0.25) is 9.69 Å². The molecule has 5 nitrogen and oxygen atoms in total. The van der Waals surface area contributed by atoms with Crippen molar-refractivity contribution >= 4 is 5.91 Å². The summed E-state index contributed by atoms with van der Waals surface area (Å²) < 4.78 is 10.9. The SMILES string of the molecule is COc1cc2c(cc1OC)CN(C(C(=O)N1CCCC1)c1ccccc1)CC2. The molecular weight excluding hydrogens is 352 g/mol. The number of ether oxygens (including phenoxy) is 2. The van der Waals surface area contributed by atoms with Crippen molar-refractivity contribution < 1.29 is 14.3 Å². The van der Waals surface area contributed by atoms with E-state index < -0.39 is 0 Å². The van der Waals surface area contributed by atoms with Crippen LogP contribution in [0.1, 0.15) is 35.6 Å². The monoisotopic (exact) mass is 380 g/mol. The fourth-order valence-corrected chi connectivity index (χ4v) is 4.38. The van der Waals surface area contributed by atoms with Gasteiger partial charge in [0.2, 0.25) is 5.91 Å². The topological polar surface area (TPSA) is 42.0 Å². The molecule has 1 saturated heterocycles. The first-order valence-corrected chi connectivity index (χ1v) is 10.0. The Morgan fingerprint density at radius 1 is 0.929 bits per heavy atom. The highest BCUT2D eigenvalue weighted by molar-refractivity contribution is 5.83. The molecular formula is C23H28N2O3. The molecule has 0 radical (unpaired) electrons. The van der Waals surface area contributed by atoms with E-state index in [1.807, 2.05) is 23.1 Å². The summed E-state index contributed by atoms with van der Waals surface area (Å²) in [6.07, 6.45) is 3.10. The van der Waals surface area contributed by atoms with E-state index in [9.17, 15) is 4.79 Å². The Balaban J connectivity index is 1.65. The third-order valence-electron chi connectivity index (χ3n) is 5.88. The molecule has 2 aromatic rings. The van der Waals surface area contributed by atoms with E-state index in [2.05, 4.69) is 29.2 Å². The van der Waals surface area contributed by atoms with Crippen LogP contribution < -0.4 is 9.47 Å². The highest BCUT2D eigenvalue weighted by Gasteiger charge is 2.34. The zero-order valence-electron chi connectivity index (χ0n) is 16.7. The van der Waals surface area contributed by atoms with Crippen molar-refractivity contribution in [1.29, 1.82) is 0 Å². The van der Waals surface area contributed by atoms with Gasteiger partial charge in [0, 0.05) is 26.2 Å². The van der Waals surface area contributed by atoms with Gasteiger partial charge in [-0.1, -0.05) is 30.3 Å². The molecule has 0 aliphatic carbocycles. The van der Waals surface area contributed by atoms with Gasteiger partial charge < -0.3 is 14.4 Å². The first kappa shape index (κ1) is 18.8. The first-order valence-electron chi connectivity index (χ1n) is 10.0. The molecule has 0 N–H and O–H groups in total. The number of rotatable bonds is 5. The van der Waals surface area contributed by atoms with Gasteiger partial charge in [-0.15, -0.1) is 0 Å². The summed E-state index contributed by atoms with van der Waals surface area (Å²) in [5, 5.41) is 0. The van der Waals surface area contributed by atoms with E-state index in [0.29, 0.717) is 0 Å². The maximum absolute atomic E-state index is 13.4.